The van der Waals surface area contributed by atoms with Gasteiger partial charge in [0.2, 0.25) is 29.5 Å². The van der Waals surface area contributed by atoms with E-state index in [0.717, 1.165) is 0 Å². The van der Waals surface area contributed by atoms with Gasteiger partial charge >= 0.3 is 5.97 Å². The average molecular weight is 859 g/mol. The van der Waals surface area contributed by atoms with Gasteiger partial charge in [-0.05, 0) is 98.4 Å². The van der Waals surface area contributed by atoms with Gasteiger partial charge in [-0.1, -0.05) is 38.1 Å². The van der Waals surface area contributed by atoms with Crippen molar-refractivity contribution >= 4 is 53.2 Å². The number of carbonyl (C=O) groups is 6. The molecule has 5 amide bonds. The number of nitrogens with zero attached hydrogens (tertiary/aromatic N) is 1. The standard InChI is InChI=1S/C40H62N10O9S/c1-23(2)33(38(57)47-30(39(58)59)17-20-60-3)50-37(56)32(22-25-11-15-27(52)16-12-25)49-36(55)31(21-24-9-13-26(51)14-10-24)48-35(54)29(8-4-5-18-41)46-34(53)28(42)7-6-19-45-40(43)44/h9-16,23,28-33,51-52H,4-8,17-22,41-42H2,1-3H3,(H,46,53)(H,47,57)(H,48,54)(H,49,55)(H,50,56)(H,58,59)(H4,43,44,45)/t28-,29-,30-,31-,32-,33-/m0/s1. The molecular formula is C40H62N10O9S. The molecule has 0 saturated carbocycles. The van der Waals surface area contributed by atoms with Crippen LogP contribution in [0.4, 0.5) is 0 Å². The first-order valence-electron chi connectivity index (χ1n) is 19.8. The van der Waals surface area contributed by atoms with E-state index in [0.29, 0.717) is 42.7 Å². The third-order valence-electron chi connectivity index (χ3n) is 9.37. The van der Waals surface area contributed by atoms with Crippen LogP contribution in [0.3, 0.4) is 0 Å². The van der Waals surface area contributed by atoms with Gasteiger partial charge in [0.15, 0.2) is 5.96 Å². The molecule has 0 heterocycles. The van der Waals surface area contributed by atoms with Crippen molar-refractivity contribution in [2.24, 2.45) is 33.8 Å². The van der Waals surface area contributed by atoms with Crippen molar-refractivity contribution in [2.75, 3.05) is 25.1 Å². The molecule has 0 unspecified atom stereocenters. The fraction of sp³-hybridized carbons (Fsp3) is 0.525. The normalized spacial score (nSPS) is 14.0. The lowest BCUT2D eigenvalue weighted by Crippen LogP contribution is -2.60. The number of phenolic OH excluding ortho intramolecular Hbond substituents is 2. The maximum Gasteiger partial charge on any atom is 0.326 e. The van der Waals surface area contributed by atoms with Crippen LogP contribution in [0, 0.1) is 5.92 Å². The number of carbonyl (C=O) groups excluding carboxylic acids is 5. The Morgan fingerprint density at radius 3 is 1.60 bits per heavy atom. The molecule has 20 heteroatoms. The summed E-state index contributed by atoms with van der Waals surface area (Å²) in [7, 11) is 0. The summed E-state index contributed by atoms with van der Waals surface area (Å²) in [5.41, 5.74) is 23.6. The fourth-order valence-corrected chi connectivity index (χ4v) is 6.40. The molecule has 0 aliphatic heterocycles. The van der Waals surface area contributed by atoms with Gasteiger partial charge in [0.25, 0.3) is 0 Å². The van der Waals surface area contributed by atoms with Crippen molar-refractivity contribution in [2.45, 2.75) is 101 Å². The second-order valence-corrected chi connectivity index (χ2v) is 15.7. The largest absolute Gasteiger partial charge is 0.508 e. The number of benzene rings is 2. The summed E-state index contributed by atoms with van der Waals surface area (Å²) in [4.78, 5) is 84.7. The third-order valence-corrected chi connectivity index (χ3v) is 10.0. The molecule has 0 bridgehead atoms. The number of rotatable bonds is 27. The Morgan fingerprint density at radius 1 is 0.650 bits per heavy atom. The van der Waals surface area contributed by atoms with Crippen LogP contribution >= 0.6 is 11.8 Å². The molecule has 0 fully saturated rings. The highest BCUT2D eigenvalue weighted by Crippen LogP contribution is 2.15. The van der Waals surface area contributed by atoms with Crippen LogP contribution in [0.2, 0.25) is 0 Å². The number of guanidine groups is 1. The quantitative estimate of drug-likeness (QED) is 0.0301. The second-order valence-electron chi connectivity index (χ2n) is 14.7. The molecular weight excluding hydrogens is 797 g/mol. The molecule has 0 saturated heterocycles. The number of aliphatic carboxylic acids is 1. The fourth-order valence-electron chi connectivity index (χ4n) is 5.93. The Balaban J connectivity index is 2.45. The minimum atomic E-state index is -1.35. The van der Waals surface area contributed by atoms with Gasteiger partial charge in [-0.15, -0.1) is 0 Å². The zero-order valence-corrected chi connectivity index (χ0v) is 35.2. The monoisotopic (exact) mass is 858 g/mol. The van der Waals surface area contributed by atoms with Gasteiger partial charge in [0.05, 0.1) is 6.04 Å². The summed E-state index contributed by atoms with van der Waals surface area (Å²) in [6.45, 7) is 3.92. The van der Waals surface area contributed by atoms with E-state index in [1.54, 1.807) is 44.4 Å². The number of hydrogen-bond donors (Lipinski definition) is 12. The first-order valence-corrected chi connectivity index (χ1v) is 21.1. The Labute approximate surface area is 354 Å². The number of aromatic hydroxyl groups is 2. The van der Waals surface area contributed by atoms with E-state index < -0.39 is 77.7 Å². The highest BCUT2D eigenvalue weighted by atomic mass is 32.2. The summed E-state index contributed by atoms with van der Waals surface area (Å²) < 4.78 is 0. The predicted molar refractivity (Wildman–Crippen MR) is 230 cm³/mol. The number of unbranched alkanes of at least 4 members (excludes halogenated alkanes) is 1. The van der Waals surface area contributed by atoms with E-state index >= 15 is 0 Å². The van der Waals surface area contributed by atoms with Crippen LogP contribution < -0.4 is 49.5 Å². The highest BCUT2D eigenvalue weighted by molar-refractivity contribution is 7.98. The van der Waals surface area contributed by atoms with Gasteiger partial charge in [-0.25, -0.2) is 4.79 Å². The Morgan fingerprint density at radius 2 is 1.13 bits per heavy atom. The minimum absolute atomic E-state index is 0.0330. The number of hydrogen-bond acceptors (Lipinski definition) is 12. The molecule has 0 spiro atoms. The van der Waals surface area contributed by atoms with Gasteiger partial charge in [0.1, 0.15) is 41.7 Å². The van der Waals surface area contributed by atoms with Gasteiger partial charge in [0, 0.05) is 19.4 Å². The van der Waals surface area contributed by atoms with Crippen LogP contribution in [-0.2, 0) is 41.6 Å². The zero-order chi connectivity index (χ0) is 44.8. The summed E-state index contributed by atoms with van der Waals surface area (Å²) in [5, 5.41) is 42.8. The summed E-state index contributed by atoms with van der Waals surface area (Å²) in [6.07, 6.45) is 3.50. The summed E-state index contributed by atoms with van der Waals surface area (Å²) in [6, 6.07) is 4.62. The van der Waals surface area contributed by atoms with Gasteiger partial charge < -0.3 is 64.8 Å². The number of amides is 5. The Kier molecular flexibility index (Phi) is 22.3. The molecule has 2 aromatic rings. The van der Waals surface area contributed by atoms with E-state index in [4.69, 9.17) is 22.9 Å². The lowest BCUT2D eigenvalue weighted by molar-refractivity contribution is -0.142. The smallest absolute Gasteiger partial charge is 0.326 e. The van der Waals surface area contributed by atoms with E-state index in [1.807, 2.05) is 0 Å². The molecule has 2 aromatic carbocycles. The lowest BCUT2D eigenvalue weighted by atomic mass is 9.99. The predicted octanol–water partition coefficient (Wildman–Crippen LogP) is -0.689. The van der Waals surface area contributed by atoms with Crippen molar-refractivity contribution < 1.29 is 44.1 Å². The maximum atomic E-state index is 14.3. The summed E-state index contributed by atoms with van der Waals surface area (Å²) >= 11 is 1.42. The Hall–Kier alpha value is -5.60. The Bertz CT molecular complexity index is 1730. The van der Waals surface area contributed by atoms with Crippen LogP contribution in [0.15, 0.2) is 53.5 Å². The van der Waals surface area contributed by atoms with Crippen molar-refractivity contribution in [3.8, 4) is 11.5 Å². The molecule has 2 rings (SSSR count). The lowest BCUT2D eigenvalue weighted by Gasteiger charge is -2.28. The van der Waals surface area contributed by atoms with Crippen molar-refractivity contribution in [1.82, 2.24) is 26.6 Å². The van der Waals surface area contributed by atoms with Crippen molar-refractivity contribution in [3.05, 3.63) is 59.7 Å². The molecule has 6 atom stereocenters. The van der Waals surface area contributed by atoms with Gasteiger partial charge in [-0.3, -0.25) is 29.0 Å². The first kappa shape index (κ1) is 50.5. The number of nitrogens with two attached hydrogens (primary N) is 4. The molecule has 60 heavy (non-hydrogen) atoms. The van der Waals surface area contributed by atoms with Crippen LogP contribution in [0.25, 0.3) is 0 Å². The van der Waals surface area contributed by atoms with Crippen LogP contribution in [-0.4, -0.2) is 118 Å². The van der Waals surface area contributed by atoms with Crippen molar-refractivity contribution in [1.29, 1.82) is 0 Å². The van der Waals surface area contributed by atoms with Crippen molar-refractivity contribution in [3.63, 3.8) is 0 Å². The molecule has 19 nitrogen and oxygen atoms in total. The average Bonchev–Trinajstić information content (AvgIpc) is 3.20. The number of thioether (sulfide) groups is 1. The molecule has 0 aliphatic carbocycles. The molecule has 16 N–H and O–H groups in total. The minimum Gasteiger partial charge on any atom is -0.508 e. The number of carboxylic acid groups (broad SMARTS) is 1. The van der Waals surface area contributed by atoms with E-state index in [-0.39, 0.29) is 56.1 Å². The summed E-state index contributed by atoms with van der Waals surface area (Å²) in [5.74, 6) is -5.06. The topological polar surface area (TPSA) is 340 Å². The zero-order valence-electron chi connectivity index (χ0n) is 34.4. The third kappa shape index (κ3) is 18.5. The first-order chi connectivity index (χ1) is 28.4. The number of aliphatic imine (C=N–C) groups is 1. The SMILES string of the molecule is CSCC[C@H](NC(=O)[C@@H](NC(=O)[C@H](Cc1ccc(O)cc1)NC(=O)[C@H](Cc1ccc(O)cc1)NC(=O)[C@H](CCCCN)NC(=O)[C@@H](N)CCCN=C(N)N)C(C)C)C(=O)O. The number of carboxylic acids is 1. The molecule has 332 valence electrons. The van der Waals surface area contributed by atoms with Gasteiger partial charge in [-0.2, -0.15) is 11.8 Å². The highest BCUT2D eigenvalue weighted by Gasteiger charge is 2.34. The molecule has 0 aliphatic rings. The van der Waals surface area contributed by atoms with E-state index in [1.165, 1.54) is 36.0 Å². The van der Waals surface area contributed by atoms with E-state index in [9.17, 15) is 44.1 Å². The number of nitrogens with one attached hydrogen (secondary N) is 5. The molecule has 0 radical (unpaired) electrons. The van der Waals surface area contributed by atoms with Crippen LogP contribution in [0.5, 0.6) is 11.5 Å². The second kappa shape index (κ2) is 26.5. The maximum absolute atomic E-state index is 14.3. The van der Waals surface area contributed by atoms with Crippen LogP contribution in [0.1, 0.15) is 63.5 Å². The molecule has 0 aromatic heterocycles. The van der Waals surface area contributed by atoms with E-state index in [2.05, 4.69) is 31.6 Å². The number of phenols is 2.